The van der Waals surface area contributed by atoms with Crippen LogP contribution in [0.1, 0.15) is 42.7 Å². The second kappa shape index (κ2) is 6.23. The van der Waals surface area contributed by atoms with E-state index in [1.54, 1.807) is 18.2 Å². The Bertz CT molecular complexity index is 1250. The number of carbonyl (C=O) groups excluding carboxylic acids is 1. The average Bonchev–Trinajstić information content (AvgIpc) is 3.15. The van der Waals surface area contributed by atoms with E-state index in [1.165, 1.54) is 4.90 Å². The van der Waals surface area contributed by atoms with Crippen molar-refractivity contribution in [2.45, 2.75) is 32.2 Å². The molecule has 2 aromatic rings. The van der Waals surface area contributed by atoms with E-state index in [0.29, 0.717) is 12.0 Å². The Morgan fingerprint density at radius 1 is 1.48 bits per heavy atom. The van der Waals surface area contributed by atoms with E-state index < -0.39 is 56.7 Å². The van der Waals surface area contributed by atoms with Gasteiger partial charge in [-0.2, -0.15) is 0 Å². The first-order chi connectivity index (χ1) is 17.2. The third kappa shape index (κ3) is 2.63. The van der Waals surface area contributed by atoms with Crippen molar-refractivity contribution in [3.05, 3.63) is 41.6 Å². The summed E-state index contributed by atoms with van der Waals surface area (Å²) in [6, 6.07) is 2.05. The van der Waals surface area contributed by atoms with Gasteiger partial charge in [0.25, 0.3) is 0 Å². The number of fused-ring (bicyclic) bond motifs is 2. The molecule has 5 nitrogen and oxygen atoms in total. The normalized spacial score (nSPS) is 32.8. The molecule has 2 atom stereocenters. The largest absolute Gasteiger partial charge is 0.361 e. The third-order valence-corrected chi connectivity index (χ3v) is 4.76. The van der Waals surface area contributed by atoms with Crippen LogP contribution in [0.3, 0.4) is 0 Å². The van der Waals surface area contributed by atoms with E-state index >= 15 is 0 Å². The van der Waals surface area contributed by atoms with Crippen LogP contribution in [-0.2, 0) is 6.42 Å². The van der Waals surface area contributed by atoms with Crippen molar-refractivity contribution in [2.24, 2.45) is 0 Å². The number of amides is 2. The quantitative estimate of drug-likeness (QED) is 0.893. The van der Waals surface area contributed by atoms with Gasteiger partial charge in [0.05, 0.1) is 6.04 Å². The molecule has 2 amide bonds. The SMILES string of the molecule is [2H]C([2H])([2H])N1C[C@@H](NC(=O)N(C([2H])([2H])C([2H])([2H])[2H])C([2H])([2H])C([2H])([2H])[2H])C=C2c3cccc4[nH]cc(c34)C[C@H]21. The van der Waals surface area contributed by atoms with Crippen molar-refractivity contribution in [1.29, 1.82) is 0 Å². The first-order valence-corrected chi connectivity index (χ1v) is 7.86. The topological polar surface area (TPSA) is 51.4 Å². The number of benzene rings is 1. The lowest BCUT2D eigenvalue weighted by Crippen LogP contribution is -2.52. The minimum atomic E-state index is -3.72. The third-order valence-electron chi connectivity index (χ3n) is 4.76. The molecule has 1 aliphatic heterocycles. The van der Waals surface area contributed by atoms with Crippen molar-refractivity contribution >= 4 is 22.5 Å². The van der Waals surface area contributed by atoms with Crippen LogP contribution in [-0.4, -0.2) is 59.4 Å². The number of urea groups is 1. The Balaban J connectivity index is 1.78. The lowest BCUT2D eigenvalue weighted by Gasteiger charge is -2.40. The number of H-pyrrole nitrogens is 1. The van der Waals surface area contributed by atoms with Crippen molar-refractivity contribution in [3.63, 3.8) is 0 Å². The molecule has 1 aromatic heterocycles. The summed E-state index contributed by atoms with van der Waals surface area (Å²) in [5.74, 6) is 0. The number of aromatic amines is 1. The number of hydrogen-bond donors (Lipinski definition) is 2. The lowest BCUT2D eigenvalue weighted by atomic mass is 9.81. The van der Waals surface area contributed by atoms with Gasteiger partial charge in [0, 0.05) is 60.5 Å². The monoisotopic (exact) mass is 351 g/mol. The zero-order valence-electron chi connectivity index (χ0n) is 26.3. The molecule has 0 spiro atoms. The maximum Gasteiger partial charge on any atom is 0.317 e. The standard InChI is InChI=1S/C20H26N4O/c1-4-24(5-2)20(25)22-14-10-16-15-7-6-8-17-19(15)13(11-21-17)9-18(16)23(3)12-14/h6-8,10-11,14,18,21H,4-5,9,12H2,1-3H3,(H,22,25)/t14-,18+/m0/s1/i1D3,2D3,3D3,4D2,5D2. The highest BCUT2D eigenvalue weighted by Crippen LogP contribution is 2.39. The summed E-state index contributed by atoms with van der Waals surface area (Å²) in [5.41, 5.74) is 3.03. The number of rotatable bonds is 3. The van der Waals surface area contributed by atoms with Crippen LogP contribution >= 0.6 is 0 Å². The molecule has 0 unspecified atom stereocenters. The molecular weight excluding hydrogens is 312 g/mol. The van der Waals surface area contributed by atoms with Gasteiger partial charge in [-0.05, 0) is 49.9 Å². The summed E-state index contributed by atoms with van der Waals surface area (Å²) in [7, 11) is 0. The molecule has 25 heavy (non-hydrogen) atoms. The number of likely N-dealkylation sites (N-methyl/N-ethyl adjacent to an activating group) is 1. The van der Waals surface area contributed by atoms with Gasteiger partial charge in [0.15, 0.2) is 0 Å². The Morgan fingerprint density at radius 3 is 3.16 bits per heavy atom. The fourth-order valence-corrected chi connectivity index (χ4v) is 3.68. The Hall–Kier alpha value is -2.27. The van der Waals surface area contributed by atoms with Gasteiger partial charge < -0.3 is 15.2 Å². The molecule has 2 heterocycles. The van der Waals surface area contributed by atoms with Gasteiger partial charge in [0.1, 0.15) is 0 Å². The van der Waals surface area contributed by atoms with E-state index in [-0.39, 0.29) is 6.54 Å². The molecule has 1 aliphatic carbocycles. The molecule has 4 rings (SSSR count). The molecular formula is C20H26N4O. The first kappa shape index (κ1) is 7.16. The predicted molar refractivity (Wildman–Crippen MR) is 102 cm³/mol. The average molecular weight is 352 g/mol. The zero-order valence-corrected chi connectivity index (χ0v) is 13.3. The van der Waals surface area contributed by atoms with E-state index in [0.717, 1.165) is 22.0 Å². The number of nitrogens with zero attached hydrogens (tertiary/aromatic N) is 2. The predicted octanol–water partition coefficient (Wildman–Crippen LogP) is 2.84. The smallest absolute Gasteiger partial charge is 0.317 e. The second-order valence-electron chi connectivity index (χ2n) is 6.15. The first-order valence-electron chi connectivity index (χ1n) is 14.4. The van der Waals surface area contributed by atoms with Crippen LogP contribution in [0.25, 0.3) is 16.5 Å². The van der Waals surface area contributed by atoms with Crippen LogP contribution in [0, 0.1) is 0 Å². The van der Waals surface area contributed by atoms with Crippen LogP contribution < -0.4 is 5.32 Å². The van der Waals surface area contributed by atoms with Crippen LogP contribution in [0.5, 0.6) is 0 Å². The maximum absolute atomic E-state index is 13.3. The van der Waals surface area contributed by atoms with E-state index in [4.69, 9.17) is 17.8 Å². The zero-order chi connectivity index (χ0) is 28.6. The van der Waals surface area contributed by atoms with Gasteiger partial charge in [-0.1, -0.05) is 18.2 Å². The molecule has 0 radical (unpaired) electrons. The van der Waals surface area contributed by atoms with Crippen molar-refractivity contribution in [1.82, 2.24) is 20.1 Å². The summed E-state index contributed by atoms with van der Waals surface area (Å²) in [5, 5.41) is 3.17. The maximum atomic E-state index is 13.3. The molecule has 0 bridgehead atoms. The van der Waals surface area contributed by atoms with Crippen molar-refractivity contribution in [2.75, 3.05) is 26.5 Å². The van der Waals surface area contributed by atoms with Gasteiger partial charge >= 0.3 is 6.03 Å². The minimum absolute atomic E-state index is 0.298. The molecule has 2 aliphatic rings. The molecule has 2 N–H and O–H groups in total. The summed E-state index contributed by atoms with van der Waals surface area (Å²) in [6.07, 6.45) is 3.74. The van der Waals surface area contributed by atoms with Gasteiger partial charge in [0.2, 0.25) is 0 Å². The Labute approximate surface area is 166 Å². The fraction of sp³-hybridized carbons (Fsp3) is 0.450. The number of carbonyl (C=O) groups is 1. The highest BCUT2D eigenvalue weighted by molar-refractivity contribution is 5.98. The van der Waals surface area contributed by atoms with E-state index in [2.05, 4.69) is 10.3 Å². The second-order valence-corrected chi connectivity index (χ2v) is 6.15. The van der Waals surface area contributed by atoms with Gasteiger partial charge in [-0.15, -0.1) is 0 Å². The van der Waals surface area contributed by atoms with Crippen LogP contribution in [0.2, 0.25) is 0 Å². The minimum Gasteiger partial charge on any atom is -0.361 e. The number of nitrogens with one attached hydrogen (secondary N) is 2. The summed E-state index contributed by atoms with van der Waals surface area (Å²) in [4.78, 5) is 17.2. The molecule has 0 saturated carbocycles. The van der Waals surface area contributed by atoms with E-state index in [1.807, 2.05) is 12.3 Å². The molecule has 5 heteroatoms. The highest BCUT2D eigenvalue weighted by atomic mass is 16.2. The summed E-state index contributed by atoms with van der Waals surface area (Å²) < 4.78 is 101. The van der Waals surface area contributed by atoms with E-state index in [9.17, 15) is 4.79 Å². The Morgan fingerprint density at radius 2 is 2.36 bits per heavy atom. The number of hydrogen-bond acceptors (Lipinski definition) is 2. The van der Waals surface area contributed by atoms with Crippen molar-refractivity contribution < 1.29 is 22.6 Å². The highest BCUT2D eigenvalue weighted by Gasteiger charge is 2.34. The van der Waals surface area contributed by atoms with Gasteiger partial charge in [-0.25, -0.2) is 4.79 Å². The molecule has 132 valence electrons. The summed E-state index contributed by atoms with van der Waals surface area (Å²) >= 11 is 0. The summed E-state index contributed by atoms with van der Waals surface area (Å²) in [6.45, 7) is -17.6. The lowest BCUT2D eigenvalue weighted by molar-refractivity contribution is 0.193. The molecule has 0 saturated heterocycles. The fourth-order valence-electron chi connectivity index (χ4n) is 3.68. The molecule has 0 fully saturated rings. The molecule has 1 aromatic carbocycles. The number of aromatic nitrogens is 1. The van der Waals surface area contributed by atoms with Gasteiger partial charge in [-0.3, -0.25) is 4.90 Å². The van der Waals surface area contributed by atoms with Crippen LogP contribution in [0.4, 0.5) is 4.79 Å². The van der Waals surface area contributed by atoms with Crippen molar-refractivity contribution in [3.8, 4) is 0 Å². The van der Waals surface area contributed by atoms with Crippen LogP contribution in [0.15, 0.2) is 30.5 Å². The Kier molecular flexibility index (Phi) is 1.78.